The minimum absolute atomic E-state index is 0.528. The molecule has 0 amide bonds. The first kappa shape index (κ1) is 13.7. The molecule has 0 saturated heterocycles. The van der Waals surface area contributed by atoms with Gasteiger partial charge in [-0.15, -0.1) is 0 Å². The van der Waals surface area contributed by atoms with Crippen LogP contribution in [0, 0.1) is 11.3 Å². The van der Waals surface area contributed by atoms with Gasteiger partial charge in [0, 0.05) is 19.1 Å². The maximum atomic E-state index is 4.67. The van der Waals surface area contributed by atoms with Crippen molar-refractivity contribution in [3.05, 3.63) is 0 Å². The van der Waals surface area contributed by atoms with Crippen LogP contribution in [0.15, 0.2) is 0 Å². The average molecular weight is 255 g/mol. The summed E-state index contributed by atoms with van der Waals surface area (Å²) >= 11 is 4.67. The lowest BCUT2D eigenvalue weighted by Crippen LogP contribution is -2.44. The smallest absolute Gasteiger partial charge is 0.00486 e. The van der Waals surface area contributed by atoms with E-state index in [1.54, 1.807) is 0 Å². The molecule has 2 aliphatic rings. The Morgan fingerprint density at radius 2 is 1.82 bits per heavy atom. The second-order valence-corrected chi connectivity index (χ2v) is 7.00. The Morgan fingerprint density at radius 1 is 1.18 bits per heavy atom. The van der Waals surface area contributed by atoms with E-state index in [4.69, 9.17) is 0 Å². The van der Waals surface area contributed by atoms with E-state index in [0.717, 1.165) is 11.7 Å². The fraction of sp³-hybridized carbons (Fsp3) is 1.00. The molecule has 0 aromatic heterocycles. The molecule has 0 unspecified atom stereocenters. The van der Waals surface area contributed by atoms with Gasteiger partial charge in [0.1, 0.15) is 0 Å². The maximum Gasteiger partial charge on any atom is 0.00486 e. The highest BCUT2D eigenvalue weighted by molar-refractivity contribution is 7.80. The molecule has 0 bridgehead atoms. The Labute approximate surface area is 113 Å². The molecule has 2 rings (SSSR count). The van der Waals surface area contributed by atoms with Crippen LogP contribution in [0.25, 0.3) is 0 Å². The Kier molecular flexibility index (Phi) is 4.82. The molecule has 0 aromatic carbocycles. The van der Waals surface area contributed by atoms with Crippen molar-refractivity contribution in [2.45, 2.75) is 64.8 Å². The number of rotatable bonds is 6. The van der Waals surface area contributed by atoms with Crippen molar-refractivity contribution in [3.63, 3.8) is 0 Å². The van der Waals surface area contributed by atoms with Crippen molar-refractivity contribution in [3.8, 4) is 0 Å². The average Bonchev–Trinajstić information content (AvgIpc) is 3.13. The van der Waals surface area contributed by atoms with Crippen molar-refractivity contribution in [2.75, 3.05) is 18.8 Å². The second kappa shape index (κ2) is 5.97. The summed E-state index contributed by atoms with van der Waals surface area (Å²) in [6.07, 6.45) is 10.1. The molecule has 2 heteroatoms. The van der Waals surface area contributed by atoms with Crippen molar-refractivity contribution in [1.82, 2.24) is 4.90 Å². The Balaban J connectivity index is 1.93. The highest BCUT2D eigenvalue weighted by Gasteiger charge is 2.35. The summed E-state index contributed by atoms with van der Waals surface area (Å²) in [6, 6.07) is 0.703. The maximum absolute atomic E-state index is 4.67. The van der Waals surface area contributed by atoms with Gasteiger partial charge in [-0.2, -0.15) is 12.6 Å². The van der Waals surface area contributed by atoms with Gasteiger partial charge < -0.3 is 4.90 Å². The van der Waals surface area contributed by atoms with Crippen LogP contribution in [0.4, 0.5) is 0 Å². The van der Waals surface area contributed by atoms with Gasteiger partial charge in [-0.05, 0) is 56.6 Å². The zero-order valence-electron chi connectivity index (χ0n) is 11.6. The number of hydrogen-bond donors (Lipinski definition) is 1. The van der Waals surface area contributed by atoms with Crippen LogP contribution in [-0.4, -0.2) is 29.8 Å². The topological polar surface area (TPSA) is 3.24 Å². The van der Waals surface area contributed by atoms with Gasteiger partial charge in [0.15, 0.2) is 0 Å². The monoisotopic (exact) mass is 255 g/mol. The number of nitrogens with zero attached hydrogens (tertiary/aromatic N) is 1. The zero-order chi connectivity index (χ0) is 12.3. The van der Waals surface area contributed by atoms with Gasteiger partial charge in [0.05, 0.1) is 0 Å². The first-order valence-electron chi connectivity index (χ1n) is 7.50. The van der Waals surface area contributed by atoms with Crippen LogP contribution in [0.2, 0.25) is 0 Å². The van der Waals surface area contributed by atoms with Gasteiger partial charge >= 0.3 is 0 Å². The summed E-state index contributed by atoms with van der Waals surface area (Å²) in [5, 5.41) is 0. The predicted octanol–water partition coefficient (Wildman–Crippen LogP) is 3.99. The molecule has 1 nitrogen and oxygen atoms in total. The van der Waals surface area contributed by atoms with Crippen molar-refractivity contribution >= 4 is 12.6 Å². The first-order valence-corrected chi connectivity index (χ1v) is 8.13. The van der Waals surface area contributed by atoms with Crippen LogP contribution >= 0.6 is 12.6 Å². The quantitative estimate of drug-likeness (QED) is 0.703. The van der Waals surface area contributed by atoms with Gasteiger partial charge in [0.25, 0.3) is 0 Å². The lowest BCUT2D eigenvalue weighted by atomic mass is 9.75. The molecule has 2 fully saturated rings. The van der Waals surface area contributed by atoms with Crippen LogP contribution < -0.4 is 0 Å². The van der Waals surface area contributed by atoms with E-state index in [9.17, 15) is 0 Å². The lowest BCUT2D eigenvalue weighted by Gasteiger charge is -2.42. The zero-order valence-corrected chi connectivity index (χ0v) is 12.5. The lowest BCUT2D eigenvalue weighted by molar-refractivity contribution is 0.0994. The predicted molar refractivity (Wildman–Crippen MR) is 78.8 cm³/mol. The van der Waals surface area contributed by atoms with E-state index < -0.39 is 0 Å². The normalized spacial score (nSPS) is 24.5. The largest absolute Gasteiger partial charge is 0.300 e. The third kappa shape index (κ3) is 3.89. The standard InChI is InChI=1S/C15H29NS/c1-13(2)16(10-14-6-7-14)11-15(12-17)8-4-3-5-9-15/h13-14,17H,3-12H2,1-2H3. The van der Waals surface area contributed by atoms with E-state index >= 15 is 0 Å². The third-order valence-corrected chi connectivity index (χ3v) is 5.38. The third-order valence-electron chi connectivity index (χ3n) is 4.71. The Hall–Kier alpha value is 0.310. The molecular formula is C15H29NS. The molecule has 2 saturated carbocycles. The number of hydrogen-bond acceptors (Lipinski definition) is 2. The summed E-state index contributed by atoms with van der Waals surface area (Å²) in [5.74, 6) is 2.10. The minimum Gasteiger partial charge on any atom is -0.300 e. The molecule has 2 aliphatic carbocycles. The minimum atomic E-state index is 0.528. The van der Waals surface area contributed by atoms with E-state index in [1.807, 2.05) is 0 Å². The van der Waals surface area contributed by atoms with Crippen molar-refractivity contribution in [1.29, 1.82) is 0 Å². The molecule has 0 radical (unpaired) electrons. The molecule has 100 valence electrons. The molecule has 0 N–H and O–H groups in total. The molecular weight excluding hydrogens is 226 g/mol. The molecule has 17 heavy (non-hydrogen) atoms. The van der Waals surface area contributed by atoms with Gasteiger partial charge in [-0.25, -0.2) is 0 Å². The highest BCUT2D eigenvalue weighted by Crippen LogP contribution is 2.39. The summed E-state index contributed by atoms with van der Waals surface area (Å²) in [5.41, 5.74) is 0.528. The fourth-order valence-corrected chi connectivity index (χ4v) is 3.61. The molecule has 0 aliphatic heterocycles. The van der Waals surface area contributed by atoms with Crippen LogP contribution in [-0.2, 0) is 0 Å². The van der Waals surface area contributed by atoms with Crippen molar-refractivity contribution < 1.29 is 0 Å². The van der Waals surface area contributed by atoms with Crippen LogP contribution in [0.5, 0.6) is 0 Å². The fourth-order valence-electron chi connectivity index (χ4n) is 3.19. The molecule has 0 atom stereocenters. The number of thiol groups is 1. The van der Waals surface area contributed by atoms with E-state index in [1.165, 1.54) is 58.0 Å². The van der Waals surface area contributed by atoms with Gasteiger partial charge in [-0.1, -0.05) is 19.3 Å². The van der Waals surface area contributed by atoms with E-state index in [2.05, 4.69) is 31.4 Å². The summed E-state index contributed by atoms with van der Waals surface area (Å²) in [7, 11) is 0. The molecule has 0 aromatic rings. The summed E-state index contributed by atoms with van der Waals surface area (Å²) in [4.78, 5) is 2.74. The molecule has 0 heterocycles. The summed E-state index contributed by atoms with van der Waals surface area (Å²) < 4.78 is 0. The summed E-state index contributed by atoms with van der Waals surface area (Å²) in [6.45, 7) is 7.35. The van der Waals surface area contributed by atoms with E-state index in [-0.39, 0.29) is 0 Å². The van der Waals surface area contributed by atoms with Crippen LogP contribution in [0.1, 0.15) is 58.8 Å². The highest BCUT2D eigenvalue weighted by atomic mass is 32.1. The van der Waals surface area contributed by atoms with Crippen molar-refractivity contribution in [2.24, 2.45) is 11.3 Å². The molecule has 0 spiro atoms. The van der Waals surface area contributed by atoms with Gasteiger partial charge in [0.2, 0.25) is 0 Å². The second-order valence-electron chi connectivity index (χ2n) is 6.69. The Bertz CT molecular complexity index is 229. The van der Waals surface area contributed by atoms with Gasteiger partial charge in [-0.3, -0.25) is 0 Å². The van der Waals surface area contributed by atoms with Crippen LogP contribution in [0.3, 0.4) is 0 Å². The SMILES string of the molecule is CC(C)N(CC1CC1)CC1(CS)CCCCC1. The van der Waals surface area contributed by atoms with E-state index in [0.29, 0.717) is 11.5 Å². The Morgan fingerprint density at radius 3 is 2.29 bits per heavy atom. The first-order chi connectivity index (χ1) is 8.15.